The molecule has 0 aliphatic rings. The van der Waals surface area contributed by atoms with Crippen molar-refractivity contribution in [2.75, 3.05) is 0 Å². The zero-order chi connectivity index (χ0) is 11.1. The van der Waals surface area contributed by atoms with Gasteiger partial charge in [0, 0.05) is 10.0 Å². The third-order valence-corrected chi connectivity index (χ3v) is 1.70. The first-order valence-electron chi connectivity index (χ1n) is 3.83. The third-order valence-electron chi connectivity index (χ3n) is 1.19. The van der Waals surface area contributed by atoms with Gasteiger partial charge >= 0.3 is 5.97 Å². The van der Waals surface area contributed by atoms with E-state index >= 15 is 0 Å². The van der Waals surface area contributed by atoms with Crippen LogP contribution in [0.1, 0.15) is 6.92 Å². The van der Waals surface area contributed by atoms with E-state index in [0.717, 1.165) is 10.0 Å². The van der Waals surface area contributed by atoms with Gasteiger partial charge < -0.3 is 10.8 Å². The smallest absolute Gasteiger partial charge is 0.320 e. The molecule has 3 N–H and O–H groups in total. The summed E-state index contributed by atoms with van der Waals surface area (Å²) in [6.07, 6.45) is 0. The lowest BCUT2D eigenvalue weighted by Crippen LogP contribution is -2.25. The fourth-order valence-electron chi connectivity index (χ4n) is 0.430. The number of rotatable bonds is 1. The largest absolute Gasteiger partial charge is 0.480 e. The summed E-state index contributed by atoms with van der Waals surface area (Å²) < 4.78 is 0. The van der Waals surface area contributed by atoms with Gasteiger partial charge in [-0.3, -0.25) is 4.79 Å². The molecule has 78 valence electrons. The Morgan fingerprint density at radius 1 is 1.29 bits per heavy atom. The van der Waals surface area contributed by atoms with Crippen LogP contribution in [-0.4, -0.2) is 17.1 Å². The lowest BCUT2D eigenvalue weighted by atomic mass is 10.4. The van der Waals surface area contributed by atoms with E-state index < -0.39 is 12.0 Å². The Morgan fingerprint density at radius 2 is 1.50 bits per heavy atom. The van der Waals surface area contributed by atoms with Crippen LogP contribution in [-0.2, 0) is 4.79 Å². The summed E-state index contributed by atoms with van der Waals surface area (Å²) in [4.78, 5) is 9.57. The quantitative estimate of drug-likeness (QED) is 0.786. The van der Waals surface area contributed by atoms with Crippen LogP contribution in [0.5, 0.6) is 0 Å². The molecule has 1 rings (SSSR count). The van der Waals surface area contributed by atoms with E-state index in [-0.39, 0.29) is 0 Å². The van der Waals surface area contributed by atoms with Crippen molar-refractivity contribution in [2.45, 2.75) is 13.0 Å². The Hall–Kier alpha value is -0.770. The SMILES string of the molecule is C[C@H](N)C(=O)O.Clc1ccc(Cl)cc1. The second-order valence-electron chi connectivity index (χ2n) is 2.56. The van der Waals surface area contributed by atoms with Gasteiger partial charge in [-0.2, -0.15) is 0 Å². The van der Waals surface area contributed by atoms with E-state index in [9.17, 15) is 4.79 Å². The molecule has 0 heterocycles. The van der Waals surface area contributed by atoms with Crippen LogP contribution in [0.4, 0.5) is 0 Å². The molecule has 0 spiro atoms. The monoisotopic (exact) mass is 235 g/mol. The highest BCUT2D eigenvalue weighted by atomic mass is 35.5. The van der Waals surface area contributed by atoms with Gasteiger partial charge in [-0.05, 0) is 31.2 Å². The minimum absolute atomic E-state index is 0.717. The van der Waals surface area contributed by atoms with Crippen molar-refractivity contribution in [1.29, 1.82) is 0 Å². The summed E-state index contributed by atoms with van der Waals surface area (Å²) in [5.74, 6) is -0.963. The highest BCUT2D eigenvalue weighted by molar-refractivity contribution is 6.32. The number of carboxylic acid groups (broad SMARTS) is 1. The van der Waals surface area contributed by atoms with Crippen molar-refractivity contribution in [2.24, 2.45) is 5.73 Å². The molecule has 0 aliphatic carbocycles. The molecule has 0 radical (unpaired) electrons. The number of carbonyl (C=O) groups is 1. The molecule has 1 atom stereocenters. The Bertz CT molecular complexity index is 264. The molecule has 5 heteroatoms. The van der Waals surface area contributed by atoms with E-state index in [2.05, 4.69) is 0 Å². The van der Waals surface area contributed by atoms with Crippen molar-refractivity contribution in [3.63, 3.8) is 0 Å². The second kappa shape index (κ2) is 6.65. The number of hydrogen-bond acceptors (Lipinski definition) is 2. The first kappa shape index (κ1) is 13.2. The van der Waals surface area contributed by atoms with E-state index in [1.165, 1.54) is 6.92 Å². The molecule has 1 aromatic rings. The van der Waals surface area contributed by atoms with Gasteiger partial charge in [0.2, 0.25) is 0 Å². The Labute approximate surface area is 92.4 Å². The van der Waals surface area contributed by atoms with Crippen LogP contribution in [0.3, 0.4) is 0 Å². The van der Waals surface area contributed by atoms with Crippen molar-refractivity contribution in [1.82, 2.24) is 0 Å². The third kappa shape index (κ3) is 6.71. The summed E-state index contributed by atoms with van der Waals surface area (Å²) in [5.41, 5.74) is 4.84. The van der Waals surface area contributed by atoms with E-state index in [1.54, 1.807) is 24.3 Å². The highest BCUT2D eigenvalue weighted by Gasteiger charge is 1.99. The molecule has 0 saturated carbocycles. The van der Waals surface area contributed by atoms with Crippen LogP contribution in [0, 0.1) is 0 Å². The minimum Gasteiger partial charge on any atom is -0.480 e. The molecule has 0 bridgehead atoms. The zero-order valence-electron chi connectivity index (χ0n) is 7.58. The summed E-state index contributed by atoms with van der Waals surface area (Å²) in [6, 6.07) is 6.28. The molecule has 0 aliphatic heterocycles. The van der Waals surface area contributed by atoms with Gasteiger partial charge in [-0.1, -0.05) is 23.2 Å². The lowest BCUT2D eigenvalue weighted by molar-refractivity contribution is -0.138. The molecular formula is C9H11Cl2NO2. The predicted molar refractivity (Wildman–Crippen MR) is 57.7 cm³/mol. The van der Waals surface area contributed by atoms with Crippen molar-refractivity contribution in [3.05, 3.63) is 34.3 Å². The number of hydrogen-bond donors (Lipinski definition) is 2. The van der Waals surface area contributed by atoms with Crippen LogP contribution >= 0.6 is 23.2 Å². The Morgan fingerprint density at radius 3 is 1.64 bits per heavy atom. The topological polar surface area (TPSA) is 63.3 Å². The number of carboxylic acids is 1. The van der Waals surface area contributed by atoms with E-state index in [1.807, 2.05) is 0 Å². The van der Waals surface area contributed by atoms with Crippen LogP contribution in [0.2, 0.25) is 10.0 Å². The predicted octanol–water partition coefficient (Wildman–Crippen LogP) is 2.41. The molecule has 0 fully saturated rings. The highest BCUT2D eigenvalue weighted by Crippen LogP contribution is 2.12. The van der Waals surface area contributed by atoms with Gasteiger partial charge in [-0.25, -0.2) is 0 Å². The summed E-state index contributed by atoms with van der Waals surface area (Å²) >= 11 is 11.1. The van der Waals surface area contributed by atoms with Gasteiger partial charge in [0.05, 0.1) is 0 Å². The van der Waals surface area contributed by atoms with E-state index in [0.29, 0.717) is 0 Å². The fraction of sp³-hybridized carbons (Fsp3) is 0.222. The zero-order valence-corrected chi connectivity index (χ0v) is 9.09. The maximum atomic E-state index is 9.57. The molecule has 14 heavy (non-hydrogen) atoms. The average molecular weight is 236 g/mol. The van der Waals surface area contributed by atoms with E-state index in [4.69, 9.17) is 34.0 Å². The van der Waals surface area contributed by atoms with Crippen LogP contribution in [0.25, 0.3) is 0 Å². The van der Waals surface area contributed by atoms with Crippen molar-refractivity contribution in [3.8, 4) is 0 Å². The number of halogens is 2. The maximum Gasteiger partial charge on any atom is 0.320 e. The molecule has 0 unspecified atom stereocenters. The molecule has 3 nitrogen and oxygen atoms in total. The average Bonchev–Trinajstić information content (AvgIpc) is 2.11. The van der Waals surface area contributed by atoms with Gasteiger partial charge in [-0.15, -0.1) is 0 Å². The molecule has 0 saturated heterocycles. The first-order chi connectivity index (χ1) is 6.43. The Kier molecular flexibility index (Phi) is 6.28. The molecular weight excluding hydrogens is 225 g/mol. The fourth-order valence-corrected chi connectivity index (χ4v) is 0.682. The number of benzene rings is 1. The molecule has 1 aromatic carbocycles. The maximum absolute atomic E-state index is 9.57. The number of nitrogens with two attached hydrogens (primary N) is 1. The first-order valence-corrected chi connectivity index (χ1v) is 4.58. The summed E-state index contributed by atoms with van der Waals surface area (Å²) in [7, 11) is 0. The molecule has 0 amide bonds. The minimum atomic E-state index is -0.963. The number of aliphatic carboxylic acids is 1. The van der Waals surface area contributed by atoms with Crippen LogP contribution < -0.4 is 5.73 Å². The summed E-state index contributed by atoms with van der Waals surface area (Å²) in [5, 5.41) is 9.30. The standard InChI is InChI=1S/C6H4Cl2.C3H7NO2/c7-5-1-2-6(8)4-3-5;1-2(4)3(5)6/h1-4H;2H,4H2,1H3,(H,5,6)/t;2-/m.0/s1. The van der Waals surface area contributed by atoms with Gasteiger partial charge in [0.25, 0.3) is 0 Å². The summed E-state index contributed by atoms with van der Waals surface area (Å²) in [6.45, 7) is 1.42. The van der Waals surface area contributed by atoms with Crippen molar-refractivity contribution < 1.29 is 9.90 Å². The normalized spacial score (nSPS) is 11.1. The molecule has 0 aromatic heterocycles. The van der Waals surface area contributed by atoms with Gasteiger partial charge in [0.1, 0.15) is 6.04 Å². The Balaban J connectivity index is 0.000000255. The van der Waals surface area contributed by atoms with Crippen molar-refractivity contribution >= 4 is 29.2 Å². The second-order valence-corrected chi connectivity index (χ2v) is 3.44. The van der Waals surface area contributed by atoms with Gasteiger partial charge in [0.15, 0.2) is 0 Å². The lowest BCUT2D eigenvalue weighted by Gasteiger charge is -1.90. The van der Waals surface area contributed by atoms with Crippen LogP contribution in [0.15, 0.2) is 24.3 Å².